The van der Waals surface area contributed by atoms with Crippen LogP contribution < -0.4 is 10.1 Å². The molecule has 0 atom stereocenters. The Morgan fingerprint density at radius 2 is 1.90 bits per heavy atom. The van der Waals surface area contributed by atoms with E-state index in [2.05, 4.69) is 55.6 Å². The van der Waals surface area contributed by atoms with E-state index in [0.29, 0.717) is 0 Å². The summed E-state index contributed by atoms with van der Waals surface area (Å²) in [5.41, 5.74) is 2.60. The van der Waals surface area contributed by atoms with Gasteiger partial charge in [0, 0.05) is 6.54 Å². The first kappa shape index (κ1) is 14.6. The third-order valence-electron chi connectivity index (χ3n) is 3.32. The molecule has 0 bridgehead atoms. The zero-order chi connectivity index (χ0) is 14.4. The van der Waals surface area contributed by atoms with E-state index in [1.165, 1.54) is 28.3 Å². The molecule has 106 valence electrons. The lowest BCUT2D eigenvalue weighted by Crippen LogP contribution is -2.16. The van der Waals surface area contributed by atoms with E-state index in [1.54, 1.807) is 7.11 Å². The molecule has 2 rings (SSSR count). The van der Waals surface area contributed by atoms with Gasteiger partial charge >= 0.3 is 0 Å². The van der Waals surface area contributed by atoms with Gasteiger partial charge in [0.1, 0.15) is 5.75 Å². The summed E-state index contributed by atoms with van der Waals surface area (Å²) in [6.45, 7) is 6.38. The van der Waals surface area contributed by atoms with Crippen LogP contribution in [0, 0.1) is 0 Å². The molecule has 0 spiro atoms. The van der Waals surface area contributed by atoms with Gasteiger partial charge in [-0.25, -0.2) is 0 Å². The van der Waals surface area contributed by atoms with E-state index in [1.807, 2.05) is 6.07 Å². The van der Waals surface area contributed by atoms with Crippen LogP contribution in [0.4, 0.5) is 0 Å². The zero-order valence-corrected chi connectivity index (χ0v) is 12.6. The lowest BCUT2D eigenvalue weighted by Gasteiger charge is -2.06. The molecule has 0 aromatic heterocycles. The maximum absolute atomic E-state index is 5.25. The highest BCUT2D eigenvalue weighted by atomic mass is 16.5. The lowest BCUT2D eigenvalue weighted by atomic mass is 10.0. The smallest absolute Gasteiger partial charge is 0.119 e. The molecule has 0 aliphatic rings. The second-order valence-electron chi connectivity index (χ2n) is 5.14. The summed E-state index contributed by atoms with van der Waals surface area (Å²) in [5.74, 6) is 0.903. The second kappa shape index (κ2) is 7.11. The molecule has 0 amide bonds. The summed E-state index contributed by atoms with van der Waals surface area (Å²) in [7, 11) is 1.70. The molecule has 0 saturated carbocycles. The van der Waals surface area contributed by atoms with Gasteiger partial charge in [0.25, 0.3) is 0 Å². The maximum atomic E-state index is 5.25. The Morgan fingerprint density at radius 1 is 1.15 bits per heavy atom. The molecule has 0 radical (unpaired) electrons. The lowest BCUT2D eigenvalue weighted by molar-refractivity contribution is 0.415. The van der Waals surface area contributed by atoms with Crippen molar-refractivity contribution in [3.8, 4) is 5.75 Å². The minimum Gasteiger partial charge on any atom is -0.497 e. The van der Waals surface area contributed by atoms with Gasteiger partial charge in [0.15, 0.2) is 0 Å². The number of fused-ring (bicyclic) bond motifs is 1. The summed E-state index contributed by atoms with van der Waals surface area (Å²) >= 11 is 0. The van der Waals surface area contributed by atoms with Crippen molar-refractivity contribution in [3.05, 3.63) is 47.5 Å². The first-order valence-electron chi connectivity index (χ1n) is 7.18. The summed E-state index contributed by atoms with van der Waals surface area (Å²) < 4.78 is 5.25. The van der Waals surface area contributed by atoms with E-state index >= 15 is 0 Å². The first-order valence-corrected chi connectivity index (χ1v) is 7.18. The van der Waals surface area contributed by atoms with Crippen molar-refractivity contribution in [2.24, 2.45) is 0 Å². The molecule has 0 aliphatic carbocycles. The summed E-state index contributed by atoms with van der Waals surface area (Å²) in [6.07, 6.45) is 3.41. The average molecular weight is 269 g/mol. The fourth-order valence-electron chi connectivity index (χ4n) is 2.26. The highest BCUT2D eigenvalue weighted by Gasteiger charge is 1.98. The third kappa shape index (κ3) is 3.84. The molecule has 1 N–H and O–H groups in total. The fraction of sp³-hybridized carbons (Fsp3) is 0.333. The largest absolute Gasteiger partial charge is 0.497 e. The Labute approximate surface area is 121 Å². The van der Waals surface area contributed by atoms with Crippen LogP contribution in [-0.4, -0.2) is 20.2 Å². The maximum Gasteiger partial charge on any atom is 0.119 e. The number of hydrogen-bond donors (Lipinski definition) is 1. The molecule has 2 nitrogen and oxygen atoms in total. The van der Waals surface area contributed by atoms with Crippen LogP contribution in [0.1, 0.15) is 25.8 Å². The van der Waals surface area contributed by atoms with Crippen LogP contribution in [0.15, 0.2) is 42.0 Å². The minimum absolute atomic E-state index is 0.903. The number of methoxy groups -OCH3 is 1. The predicted octanol–water partition coefficient (Wildman–Crippen LogP) is 4.25. The molecular formula is C18H23NO. The minimum atomic E-state index is 0.903. The van der Waals surface area contributed by atoms with Crippen molar-refractivity contribution in [1.82, 2.24) is 5.32 Å². The van der Waals surface area contributed by atoms with E-state index in [0.717, 1.165) is 18.8 Å². The van der Waals surface area contributed by atoms with Crippen molar-refractivity contribution in [1.29, 1.82) is 0 Å². The Morgan fingerprint density at radius 3 is 2.65 bits per heavy atom. The van der Waals surface area contributed by atoms with Gasteiger partial charge in [0.2, 0.25) is 0 Å². The van der Waals surface area contributed by atoms with E-state index < -0.39 is 0 Å². The van der Waals surface area contributed by atoms with E-state index in [9.17, 15) is 0 Å². The molecule has 0 unspecified atom stereocenters. The van der Waals surface area contributed by atoms with Crippen LogP contribution in [0.5, 0.6) is 5.75 Å². The van der Waals surface area contributed by atoms with Crippen LogP contribution in [0.3, 0.4) is 0 Å². The highest BCUT2D eigenvalue weighted by Crippen LogP contribution is 2.22. The van der Waals surface area contributed by atoms with Gasteiger partial charge in [-0.15, -0.1) is 0 Å². The molecule has 2 aromatic rings. The number of rotatable bonds is 6. The van der Waals surface area contributed by atoms with Gasteiger partial charge in [-0.05, 0) is 54.4 Å². The Kier molecular flexibility index (Phi) is 5.19. The number of hydrogen-bond acceptors (Lipinski definition) is 2. The van der Waals surface area contributed by atoms with Crippen LogP contribution in [0.2, 0.25) is 0 Å². The standard InChI is InChI=1S/C18H23NO/c1-4-9-19-13-14(2)10-15-5-6-17-12-18(20-3)8-7-16(17)11-15/h5-8,10-12,19H,4,9,13H2,1-3H3. The molecule has 0 heterocycles. The number of nitrogens with one attached hydrogen (secondary N) is 1. The zero-order valence-electron chi connectivity index (χ0n) is 12.6. The molecule has 0 fully saturated rings. The second-order valence-corrected chi connectivity index (χ2v) is 5.14. The Bertz CT molecular complexity index is 601. The third-order valence-corrected chi connectivity index (χ3v) is 3.32. The van der Waals surface area contributed by atoms with Crippen molar-refractivity contribution < 1.29 is 4.74 Å². The average Bonchev–Trinajstić information content (AvgIpc) is 2.47. The van der Waals surface area contributed by atoms with Gasteiger partial charge in [-0.1, -0.05) is 36.8 Å². The van der Waals surface area contributed by atoms with Crippen LogP contribution >= 0.6 is 0 Å². The van der Waals surface area contributed by atoms with Crippen LogP contribution in [0.25, 0.3) is 16.8 Å². The fourth-order valence-corrected chi connectivity index (χ4v) is 2.26. The van der Waals surface area contributed by atoms with Gasteiger partial charge in [0.05, 0.1) is 7.11 Å². The van der Waals surface area contributed by atoms with Gasteiger partial charge in [-0.3, -0.25) is 0 Å². The summed E-state index contributed by atoms with van der Waals surface area (Å²) in [4.78, 5) is 0. The topological polar surface area (TPSA) is 21.3 Å². The van der Waals surface area contributed by atoms with Crippen molar-refractivity contribution in [2.45, 2.75) is 20.3 Å². The number of benzene rings is 2. The normalized spacial score (nSPS) is 11.8. The highest BCUT2D eigenvalue weighted by molar-refractivity contribution is 5.86. The molecule has 0 aliphatic heterocycles. The summed E-state index contributed by atoms with van der Waals surface area (Å²) in [6, 6.07) is 12.7. The molecule has 2 aromatic carbocycles. The molecule has 2 heteroatoms. The molecule has 0 saturated heterocycles. The van der Waals surface area contributed by atoms with E-state index in [-0.39, 0.29) is 0 Å². The SMILES string of the molecule is CCCNCC(C)=Cc1ccc2cc(OC)ccc2c1. The molecule has 20 heavy (non-hydrogen) atoms. The monoisotopic (exact) mass is 269 g/mol. The van der Waals surface area contributed by atoms with Gasteiger partial charge in [-0.2, -0.15) is 0 Å². The number of ether oxygens (including phenoxy) is 1. The van der Waals surface area contributed by atoms with Crippen molar-refractivity contribution in [3.63, 3.8) is 0 Å². The van der Waals surface area contributed by atoms with Crippen molar-refractivity contribution in [2.75, 3.05) is 20.2 Å². The first-order chi connectivity index (χ1) is 9.72. The Hall–Kier alpha value is -1.80. The van der Waals surface area contributed by atoms with E-state index in [4.69, 9.17) is 4.74 Å². The van der Waals surface area contributed by atoms with Crippen LogP contribution in [-0.2, 0) is 0 Å². The predicted molar refractivity (Wildman–Crippen MR) is 87.3 cm³/mol. The molecular weight excluding hydrogens is 246 g/mol. The van der Waals surface area contributed by atoms with Gasteiger partial charge < -0.3 is 10.1 Å². The quantitative estimate of drug-likeness (QED) is 0.791. The summed E-state index contributed by atoms with van der Waals surface area (Å²) in [5, 5.41) is 5.88. The van der Waals surface area contributed by atoms with Crippen molar-refractivity contribution >= 4 is 16.8 Å². The Balaban J connectivity index is 2.17.